The van der Waals surface area contributed by atoms with Gasteiger partial charge in [0.2, 0.25) is 0 Å². The normalized spacial score (nSPS) is 29.5. The second-order valence-electron chi connectivity index (χ2n) is 3.31. The minimum absolute atomic E-state index is 0. The Kier molecular flexibility index (Phi) is 11.1. The van der Waals surface area contributed by atoms with Gasteiger partial charge in [0.1, 0.15) is 18.3 Å². The Hall–Kier alpha value is 0.710. The Morgan fingerprint density at radius 1 is 1.32 bits per heavy atom. The molecule has 0 saturated carbocycles. The number of carboxylic acids is 2. The summed E-state index contributed by atoms with van der Waals surface area (Å²) in [7, 11) is 0. The zero-order chi connectivity index (χ0) is 13.2. The Labute approximate surface area is 151 Å². The number of carbonyl (C=O) groups excluding carboxylic acids is 2. The van der Waals surface area contributed by atoms with E-state index in [4.69, 9.17) is 10.2 Å². The predicted molar refractivity (Wildman–Crippen MR) is 41.5 cm³/mol. The molecule has 1 heterocycles. The van der Waals surface area contributed by atoms with Crippen LogP contribution in [0, 0.1) is 0 Å². The summed E-state index contributed by atoms with van der Waals surface area (Å²) < 4.78 is 22.1. The SMILES string of the molecule is O=C([O-])C(O[C@H]1O[C@H](CO)[C@@H](O)[C@@H]1F)C(=O)[O-].[Na+].[Na+]. The molecule has 1 aliphatic rings. The average molecular weight is 298 g/mol. The summed E-state index contributed by atoms with van der Waals surface area (Å²) in [5.74, 6) is -4.27. The van der Waals surface area contributed by atoms with E-state index in [1.807, 2.05) is 0 Å². The first-order chi connectivity index (χ1) is 7.88. The van der Waals surface area contributed by atoms with E-state index in [1.165, 1.54) is 0 Å². The second kappa shape index (κ2) is 9.61. The molecule has 4 atom stereocenters. The van der Waals surface area contributed by atoms with Crippen molar-refractivity contribution in [3.8, 4) is 0 Å². The van der Waals surface area contributed by atoms with Gasteiger partial charge in [-0.2, -0.15) is 0 Å². The first-order valence-corrected chi connectivity index (χ1v) is 4.54. The molecule has 2 N–H and O–H groups in total. The summed E-state index contributed by atoms with van der Waals surface area (Å²) in [5, 5.41) is 38.5. The zero-order valence-corrected chi connectivity index (χ0v) is 14.3. The number of alkyl halides is 1. The monoisotopic (exact) mass is 298 g/mol. The summed E-state index contributed by atoms with van der Waals surface area (Å²) in [4.78, 5) is 20.6. The fourth-order valence-electron chi connectivity index (χ4n) is 1.29. The fourth-order valence-corrected chi connectivity index (χ4v) is 1.29. The van der Waals surface area contributed by atoms with E-state index < -0.39 is 49.3 Å². The molecule has 0 radical (unpaired) electrons. The van der Waals surface area contributed by atoms with Gasteiger partial charge in [0.05, 0.1) is 18.5 Å². The maximum absolute atomic E-state index is 13.3. The summed E-state index contributed by atoms with van der Waals surface area (Å²) in [6, 6.07) is 0. The average Bonchev–Trinajstić information content (AvgIpc) is 2.52. The number of hydrogen-bond acceptors (Lipinski definition) is 8. The van der Waals surface area contributed by atoms with Gasteiger partial charge in [-0.05, 0) is 0 Å². The van der Waals surface area contributed by atoms with Crippen LogP contribution in [0.15, 0.2) is 0 Å². The van der Waals surface area contributed by atoms with Crippen LogP contribution < -0.4 is 69.3 Å². The topological polar surface area (TPSA) is 139 Å². The van der Waals surface area contributed by atoms with Crippen LogP contribution in [0.5, 0.6) is 0 Å². The summed E-state index contributed by atoms with van der Waals surface area (Å²) in [6.45, 7) is -0.733. The van der Waals surface area contributed by atoms with E-state index in [9.17, 15) is 24.2 Å². The second-order valence-corrected chi connectivity index (χ2v) is 3.31. The maximum atomic E-state index is 13.3. The number of aliphatic hydroxyl groups excluding tert-OH is 2. The van der Waals surface area contributed by atoms with Gasteiger partial charge < -0.3 is 39.5 Å². The van der Waals surface area contributed by atoms with Gasteiger partial charge in [0.25, 0.3) is 0 Å². The fraction of sp³-hybridized carbons (Fsp3) is 0.750. The summed E-state index contributed by atoms with van der Waals surface area (Å²) in [5.41, 5.74) is 0. The molecule has 1 fully saturated rings. The van der Waals surface area contributed by atoms with E-state index in [1.54, 1.807) is 0 Å². The van der Waals surface area contributed by atoms with E-state index >= 15 is 0 Å². The number of carbonyl (C=O) groups is 2. The molecule has 1 saturated heterocycles. The quantitative estimate of drug-likeness (QED) is 0.377. The number of halogens is 1. The molecule has 0 amide bonds. The third-order valence-electron chi connectivity index (χ3n) is 2.15. The Morgan fingerprint density at radius 2 is 1.79 bits per heavy atom. The molecular weight excluding hydrogens is 289 g/mol. The first-order valence-electron chi connectivity index (χ1n) is 4.54. The molecule has 0 spiro atoms. The number of rotatable bonds is 5. The zero-order valence-electron chi connectivity index (χ0n) is 10.3. The van der Waals surface area contributed by atoms with Crippen molar-refractivity contribution in [2.24, 2.45) is 0 Å². The molecule has 98 valence electrons. The van der Waals surface area contributed by atoms with E-state index in [-0.39, 0.29) is 59.1 Å². The molecule has 8 nitrogen and oxygen atoms in total. The largest absolute Gasteiger partial charge is 1.00 e. The van der Waals surface area contributed by atoms with Crippen molar-refractivity contribution in [2.45, 2.75) is 30.8 Å². The number of aliphatic hydroxyl groups is 2. The number of hydrogen-bond donors (Lipinski definition) is 2. The third kappa shape index (κ3) is 5.54. The molecule has 0 unspecified atom stereocenters. The van der Waals surface area contributed by atoms with Gasteiger partial charge in [-0.1, -0.05) is 0 Å². The molecule has 1 aliphatic heterocycles. The Balaban J connectivity index is 0. The predicted octanol–water partition coefficient (Wildman–Crippen LogP) is -10.7. The summed E-state index contributed by atoms with van der Waals surface area (Å²) in [6.07, 6.45) is -9.70. The van der Waals surface area contributed by atoms with Crippen molar-refractivity contribution in [3.63, 3.8) is 0 Å². The molecule has 1 rings (SSSR count). The number of aliphatic carboxylic acids is 2. The summed E-state index contributed by atoms with van der Waals surface area (Å²) >= 11 is 0. The van der Waals surface area contributed by atoms with Crippen LogP contribution in [0.3, 0.4) is 0 Å². The van der Waals surface area contributed by atoms with E-state index in [2.05, 4.69) is 9.47 Å². The smallest absolute Gasteiger partial charge is 0.547 e. The van der Waals surface area contributed by atoms with Gasteiger partial charge in [0.15, 0.2) is 12.5 Å². The van der Waals surface area contributed by atoms with Crippen LogP contribution in [0.25, 0.3) is 0 Å². The molecular formula is C8H9FNa2O8. The maximum Gasteiger partial charge on any atom is 1.00 e. The van der Waals surface area contributed by atoms with E-state index in [0.717, 1.165) is 0 Å². The van der Waals surface area contributed by atoms with Crippen LogP contribution >= 0.6 is 0 Å². The molecule has 0 bridgehead atoms. The van der Waals surface area contributed by atoms with Crippen LogP contribution in [-0.4, -0.2) is 59.5 Å². The number of ether oxygens (including phenoxy) is 2. The van der Waals surface area contributed by atoms with Gasteiger partial charge in [-0.25, -0.2) is 4.39 Å². The van der Waals surface area contributed by atoms with Crippen LogP contribution in [0.1, 0.15) is 0 Å². The minimum Gasteiger partial charge on any atom is -0.547 e. The van der Waals surface area contributed by atoms with Crippen molar-refractivity contribution >= 4 is 11.9 Å². The minimum atomic E-state index is -2.53. The van der Waals surface area contributed by atoms with Crippen LogP contribution in [0.2, 0.25) is 0 Å². The number of carboxylic acid groups (broad SMARTS) is 2. The van der Waals surface area contributed by atoms with Gasteiger partial charge in [0, 0.05) is 0 Å². The van der Waals surface area contributed by atoms with Crippen molar-refractivity contribution in [2.75, 3.05) is 6.61 Å². The third-order valence-corrected chi connectivity index (χ3v) is 2.15. The standard InChI is InChI=1S/C8H11FO8.2Na/c9-3-4(11)2(1-10)16-8(3)17-5(6(12)13)7(14)15;;/h2-5,8,10-11H,1H2,(H,12,13)(H,14,15);;/q;2*+1/p-2/t2-,3+,4-,8-;;/m1../s1. The van der Waals surface area contributed by atoms with Crippen molar-refractivity contribution < 1.29 is 103 Å². The van der Waals surface area contributed by atoms with Crippen molar-refractivity contribution in [3.05, 3.63) is 0 Å². The first kappa shape index (κ1) is 22.0. The van der Waals surface area contributed by atoms with E-state index in [0.29, 0.717) is 0 Å². The molecule has 0 aromatic heterocycles. The molecule has 0 aromatic carbocycles. The van der Waals surface area contributed by atoms with Crippen LogP contribution in [-0.2, 0) is 19.1 Å². The molecule has 0 aromatic rings. The van der Waals surface area contributed by atoms with Gasteiger partial charge >= 0.3 is 59.1 Å². The molecule has 11 heteroatoms. The Morgan fingerprint density at radius 3 is 2.11 bits per heavy atom. The van der Waals surface area contributed by atoms with Crippen molar-refractivity contribution in [1.82, 2.24) is 0 Å². The van der Waals surface area contributed by atoms with Gasteiger partial charge in [-0.15, -0.1) is 0 Å². The Bertz CT molecular complexity index is 303. The molecule has 0 aliphatic carbocycles. The van der Waals surface area contributed by atoms with Crippen LogP contribution in [0.4, 0.5) is 4.39 Å². The van der Waals surface area contributed by atoms with Crippen molar-refractivity contribution in [1.29, 1.82) is 0 Å². The molecule has 19 heavy (non-hydrogen) atoms. The van der Waals surface area contributed by atoms with Gasteiger partial charge in [-0.3, -0.25) is 0 Å².